The molecule has 0 heterocycles. The minimum absolute atomic E-state index is 0.354. The molecule has 0 radical (unpaired) electrons. The van der Waals surface area contributed by atoms with E-state index in [0.29, 0.717) is 15.8 Å². The van der Waals surface area contributed by atoms with Gasteiger partial charge in [-0.05, 0) is 61.6 Å². The summed E-state index contributed by atoms with van der Waals surface area (Å²) in [5, 5.41) is 0. The number of hydrogen-bond acceptors (Lipinski definition) is 0. The van der Waals surface area contributed by atoms with Gasteiger partial charge in [0.1, 0.15) is 0 Å². The van der Waals surface area contributed by atoms with Crippen molar-refractivity contribution in [1.82, 2.24) is 0 Å². The molecule has 0 saturated carbocycles. The van der Waals surface area contributed by atoms with Crippen molar-refractivity contribution in [3.8, 4) is 0 Å². The van der Waals surface area contributed by atoms with Gasteiger partial charge in [-0.25, -0.2) is 0 Å². The van der Waals surface area contributed by atoms with Crippen molar-refractivity contribution < 1.29 is 0 Å². The van der Waals surface area contributed by atoms with E-state index in [1.54, 1.807) is 24.6 Å². The van der Waals surface area contributed by atoms with Crippen LogP contribution in [0.5, 0.6) is 0 Å². The van der Waals surface area contributed by atoms with Gasteiger partial charge in [0.2, 0.25) is 0 Å². The molecule has 0 rings (SSSR count). The first-order valence-corrected chi connectivity index (χ1v) is 13.7. The van der Waals surface area contributed by atoms with Gasteiger partial charge in [-0.15, -0.1) is 15.8 Å². The Balaban J connectivity index is 4.07. The first-order valence-electron chi connectivity index (χ1n) is 9.94. The summed E-state index contributed by atoms with van der Waals surface area (Å²) in [6.07, 6.45) is 18.1. The minimum Gasteiger partial charge on any atom is -0.106 e. The average molecular weight is 347 g/mol. The second kappa shape index (κ2) is 15.4. The molecule has 0 aliphatic rings. The molecule has 0 nitrogen and oxygen atoms in total. The molecule has 0 spiro atoms. The summed E-state index contributed by atoms with van der Waals surface area (Å²) in [6.45, 7) is 14.3. The van der Waals surface area contributed by atoms with E-state index in [2.05, 4.69) is 41.5 Å². The Morgan fingerprint density at radius 2 is 0.909 bits per heavy atom. The third-order valence-corrected chi connectivity index (χ3v) is 10.4. The third kappa shape index (κ3) is 14.5. The van der Waals surface area contributed by atoms with E-state index in [-0.39, 0.29) is 0 Å². The molecule has 2 heteroatoms. The van der Waals surface area contributed by atoms with Crippen molar-refractivity contribution >= 4 is 15.8 Å². The minimum atomic E-state index is 0.354. The Labute approximate surface area is 145 Å². The van der Waals surface area contributed by atoms with Gasteiger partial charge in [0, 0.05) is 0 Å². The summed E-state index contributed by atoms with van der Waals surface area (Å²) in [5.41, 5.74) is 0. The van der Waals surface area contributed by atoms with Crippen molar-refractivity contribution in [3.63, 3.8) is 0 Å². The summed E-state index contributed by atoms with van der Waals surface area (Å²) in [7, 11) is 0.708. The molecule has 134 valence electrons. The predicted molar refractivity (Wildman–Crippen MR) is 112 cm³/mol. The lowest BCUT2D eigenvalue weighted by Gasteiger charge is -2.23. The Kier molecular flexibility index (Phi) is 16.0. The maximum absolute atomic E-state index is 2.38. The van der Waals surface area contributed by atoms with Gasteiger partial charge < -0.3 is 0 Å². The summed E-state index contributed by atoms with van der Waals surface area (Å²) >= 11 is 0. The normalized spacial score (nSPS) is 14.7. The summed E-state index contributed by atoms with van der Waals surface area (Å²) in [6, 6.07) is 0. The summed E-state index contributed by atoms with van der Waals surface area (Å²) in [5.74, 6) is 1.79. The van der Waals surface area contributed by atoms with E-state index >= 15 is 0 Å². The number of rotatable bonds is 15. The van der Waals surface area contributed by atoms with E-state index in [4.69, 9.17) is 0 Å². The molecule has 0 aliphatic carbocycles. The van der Waals surface area contributed by atoms with Crippen LogP contribution in [0.4, 0.5) is 0 Å². The second-order valence-corrected chi connectivity index (χ2v) is 13.1. The highest BCUT2D eigenvalue weighted by Gasteiger charge is 2.12. The van der Waals surface area contributed by atoms with E-state index in [1.165, 1.54) is 50.8 Å². The van der Waals surface area contributed by atoms with E-state index in [1.807, 2.05) is 0 Å². The Morgan fingerprint density at radius 1 is 0.545 bits per heavy atom. The van der Waals surface area contributed by atoms with Crippen molar-refractivity contribution in [1.29, 1.82) is 0 Å². The smallest absolute Gasteiger partial charge is 0.0286 e. The first-order chi connectivity index (χ1) is 10.5. The molecule has 0 bridgehead atoms. The fourth-order valence-corrected chi connectivity index (χ4v) is 9.16. The van der Waals surface area contributed by atoms with Crippen molar-refractivity contribution in [2.24, 2.45) is 11.8 Å². The first kappa shape index (κ1) is 22.9. The van der Waals surface area contributed by atoms with Crippen LogP contribution in [-0.4, -0.2) is 37.0 Å². The van der Waals surface area contributed by atoms with E-state index < -0.39 is 0 Å². The van der Waals surface area contributed by atoms with Crippen LogP contribution in [0.1, 0.15) is 80.1 Å². The highest BCUT2D eigenvalue weighted by Crippen LogP contribution is 2.45. The van der Waals surface area contributed by atoms with E-state index in [0.717, 1.165) is 11.8 Å². The van der Waals surface area contributed by atoms with Crippen LogP contribution in [0, 0.1) is 11.8 Å². The Bertz CT molecular complexity index is 202. The van der Waals surface area contributed by atoms with Gasteiger partial charge in [0.25, 0.3) is 0 Å². The lowest BCUT2D eigenvalue weighted by Crippen LogP contribution is -2.03. The molecule has 0 saturated heterocycles. The lowest BCUT2D eigenvalue weighted by molar-refractivity contribution is 0.577. The fraction of sp³-hybridized carbons (Fsp3) is 1.00. The van der Waals surface area contributed by atoms with Crippen molar-refractivity contribution in [3.05, 3.63) is 0 Å². The van der Waals surface area contributed by atoms with Crippen LogP contribution >= 0.6 is 15.8 Å². The zero-order valence-corrected chi connectivity index (χ0v) is 18.3. The van der Waals surface area contributed by atoms with Gasteiger partial charge in [-0.1, -0.05) is 67.2 Å². The topological polar surface area (TPSA) is 0 Å². The largest absolute Gasteiger partial charge is 0.106 e. The van der Waals surface area contributed by atoms with Gasteiger partial charge in [0.15, 0.2) is 0 Å². The molecule has 22 heavy (non-hydrogen) atoms. The van der Waals surface area contributed by atoms with Crippen molar-refractivity contribution in [2.75, 3.05) is 37.0 Å². The van der Waals surface area contributed by atoms with Gasteiger partial charge >= 0.3 is 0 Å². The average Bonchev–Trinajstić information content (AvgIpc) is 2.43. The maximum Gasteiger partial charge on any atom is -0.0286 e. The summed E-state index contributed by atoms with van der Waals surface area (Å²) < 4.78 is 0. The molecule has 0 aromatic rings. The molecule has 0 N–H and O–H groups in total. The van der Waals surface area contributed by atoms with Crippen LogP contribution in [0.25, 0.3) is 0 Å². The standard InChI is InChI=1S/C20H44P2/c1-7-13-21(15-9-11-19(3)4)17-18-22(14-8-2)16-10-12-20(5)6/h19-20H,7-18H2,1-6H3. The fourth-order valence-electron chi connectivity index (χ4n) is 3.03. The van der Waals surface area contributed by atoms with Gasteiger partial charge in [0.05, 0.1) is 0 Å². The predicted octanol–water partition coefficient (Wildman–Crippen LogP) is 7.64. The molecule has 0 amide bonds. The number of hydrogen-bond donors (Lipinski definition) is 0. The van der Waals surface area contributed by atoms with Crippen LogP contribution in [0.3, 0.4) is 0 Å². The van der Waals surface area contributed by atoms with Gasteiger partial charge in [-0.3, -0.25) is 0 Å². The lowest BCUT2D eigenvalue weighted by atomic mass is 10.1. The molecule has 0 aromatic heterocycles. The van der Waals surface area contributed by atoms with Crippen molar-refractivity contribution in [2.45, 2.75) is 80.1 Å². The van der Waals surface area contributed by atoms with Gasteiger partial charge in [-0.2, -0.15) is 0 Å². The third-order valence-electron chi connectivity index (χ3n) is 4.32. The quantitative estimate of drug-likeness (QED) is 0.267. The highest BCUT2D eigenvalue weighted by molar-refractivity contribution is 7.61. The Morgan fingerprint density at radius 3 is 1.18 bits per heavy atom. The molecule has 2 unspecified atom stereocenters. The molecule has 2 atom stereocenters. The van der Waals surface area contributed by atoms with E-state index in [9.17, 15) is 0 Å². The molecular formula is C20H44P2. The zero-order valence-electron chi connectivity index (χ0n) is 16.5. The highest BCUT2D eigenvalue weighted by atomic mass is 31.1. The summed E-state index contributed by atoms with van der Waals surface area (Å²) in [4.78, 5) is 0. The molecule has 0 aromatic carbocycles. The second-order valence-electron chi connectivity index (χ2n) is 7.76. The monoisotopic (exact) mass is 346 g/mol. The molecule has 0 aliphatic heterocycles. The van der Waals surface area contributed by atoms with Crippen LogP contribution in [0.2, 0.25) is 0 Å². The zero-order chi connectivity index (χ0) is 16.8. The molecule has 0 fully saturated rings. The van der Waals surface area contributed by atoms with Crippen LogP contribution in [-0.2, 0) is 0 Å². The Hall–Kier alpha value is 0.860. The maximum atomic E-state index is 2.38. The van der Waals surface area contributed by atoms with Crippen LogP contribution in [0.15, 0.2) is 0 Å². The SMILES string of the molecule is CCCP(CCCC(C)C)CCP(CCC)CCCC(C)C. The van der Waals surface area contributed by atoms with Crippen LogP contribution < -0.4 is 0 Å². The molecular weight excluding hydrogens is 302 g/mol.